The second-order valence-electron chi connectivity index (χ2n) is 7.93. The van der Waals surface area contributed by atoms with Crippen molar-refractivity contribution < 1.29 is 9.53 Å². The predicted molar refractivity (Wildman–Crippen MR) is 127 cm³/mol. The van der Waals surface area contributed by atoms with Crippen molar-refractivity contribution in [3.8, 4) is 22.6 Å². The Kier molecular flexibility index (Phi) is 6.18. The number of aryl methyl sites for hydroxylation is 1. The van der Waals surface area contributed by atoms with Crippen LogP contribution in [0.3, 0.4) is 0 Å². The molecule has 1 aliphatic rings. The van der Waals surface area contributed by atoms with Crippen LogP contribution in [0.2, 0.25) is 0 Å². The minimum atomic E-state index is -0.0333. The van der Waals surface area contributed by atoms with Gasteiger partial charge in [0.05, 0.1) is 23.6 Å². The molecule has 7 nitrogen and oxygen atoms in total. The van der Waals surface area contributed by atoms with Gasteiger partial charge in [-0.15, -0.1) is 0 Å². The van der Waals surface area contributed by atoms with Crippen molar-refractivity contribution in [3.63, 3.8) is 0 Å². The number of amides is 1. The summed E-state index contributed by atoms with van der Waals surface area (Å²) in [5.41, 5.74) is 5.36. The summed E-state index contributed by atoms with van der Waals surface area (Å²) >= 11 is 0. The zero-order valence-corrected chi connectivity index (χ0v) is 18.5. The van der Waals surface area contributed by atoms with Crippen molar-refractivity contribution in [1.29, 1.82) is 5.41 Å². The lowest BCUT2D eigenvalue weighted by Gasteiger charge is -2.28. The number of benzene rings is 2. The van der Waals surface area contributed by atoms with Crippen molar-refractivity contribution in [2.45, 2.75) is 19.9 Å². The quantitative estimate of drug-likeness (QED) is 0.426. The summed E-state index contributed by atoms with van der Waals surface area (Å²) < 4.78 is 6.03. The third-order valence-corrected chi connectivity index (χ3v) is 5.48. The predicted octanol–water partition coefficient (Wildman–Crippen LogP) is 3.98. The van der Waals surface area contributed by atoms with Crippen LogP contribution in [-0.4, -0.2) is 42.8 Å². The van der Waals surface area contributed by atoms with Crippen LogP contribution in [0, 0.1) is 12.3 Å². The Hall–Kier alpha value is -3.71. The molecule has 1 amide bonds. The van der Waals surface area contributed by atoms with Gasteiger partial charge in [-0.1, -0.05) is 24.3 Å². The summed E-state index contributed by atoms with van der Waals surface area (Å²) in [5, 5.41) is 17.1. The number of nitrogens with zero attached hydrogens (tertiary/aromatic N) is 1. The van der Waals surface area contributed by atoms with E-state index >= 15 is 0 Å². The van der Waals surface area contributed by atoms with E-state index in [-0.39, 0.29) is 11.9 Å². The van der Waals surface area contributed by atoms with Crippen LogP contribution in [-0.2, 0) is 0 Å². The maximum Gasteiger partial charge on any atom is 0.251 e. The molecule has 1 aromatic heterocycles. The van der Waals surface area contributed by atoms with Gasteiger partial charge in [0, 0.05) is 31.8 Å². The van der Waals surface area contributed by atoms with E-state index in [1.807, 2.05) is 55.5 Å². The van der Waals surface area contributed by atoms with E-state index in [9.17, 15) is 4.79 Å². The molecule has 1 aliphatic heterocycles. The fourth-order valence-electron chi connectivity index (χ4n) is 3.62. The molecule has 0 unspecified atom stereocenters. The standard InChI is InChI=1S/C25H27N5O2/c1-15-9-18(7-8-22(15)25(31)30-19-12-28-13-19)17-5-4-6-20(10-17)32-21-11-23(27-3)24(16(2)26)29-14-21/h4-11,14,19,26-28H,12-13H2,1-3H3,(H,30,31). The Morgan fingerprint density at radius 2 is 1.91 bits per heavy atom. The third kappa shape index (κ3) is 4.63. The monoisotopic (exact) mass is 429 g/mol. The molecule has 7 heteroatoms. The summed E-state index contributed by atoms with van der Waals surface area (Å²) in [6.45, 7) is 5.31. The zero-order valence-electron chi connectivity index (χ0n) is 18.5. The number of pyridine rings is 1. The molecule has 2 aromatic carbocycles. The number of nitrogens with one attached hydrogen (secondary N) is 4. The van der Waals surface area contributed by atoms with Crippen molar-refractivity contribution in [3.05, 3.63) is 71.5 Å². The van der Waals surface area contributed by atoms with Gasteiger partial charge >= 0.3 is 0 Å². The highest BCUT2D eigenvalue weighted by Gasteiger charge is 2.20. The fraction of sp³-hybridized carbons (Fsp3) is 0.240. The zero-order chi connectivity index (χ0) is 22.7. The molecular formula is C25H27N5O2. The first-order valence-corrected chi connectivity index (χ1v) is 10.6. The number of aromatic nitrogens is 1. The highest BCUT2D eigenvalue weighted by molar-refractivity contribution is 5.99. The van der Waals surface area contributed by atoms with Crippen LogP contribution in [0.1, 0.15) is 28.5 Å². The highest BCUT2D eigenvalue weighted by atomic mass is 16.5. The first kappa shape index (κ1) is 21.5. The van der Waals surface area contributed by atoms with Gasteiger partial charge in [-0.3, -0.25) is 4.79 Å². The summed E-state index contributed by atoms with van der Waals surface area (Å²) in [5.74, 6) is 1.24. The molecule has 0 atom stereocenters. The Morgan fingerprint density at radius 3 is 2.56 bits per heavy atom. The molecule has 164 valence electrons. The van der Waals surface area contributed by atoms with Crippen LogP contribution in [0.4, 0.5) is 5.69 Å². The minimum Gasteiger partial charge on any atom is -0.456 e. The maximum absolute atomic E-state index is 12.5. The van der Waals surface area contributed by atoms with E-state index in [1.54, 1.807) is 20.2 Å². The van der Waals surface area contributed by atoms with Crippen molar-refractivity contribution >= 4 is 17.3 Å². The SMILES string of the molecule is CNc1cc(Oc2cccc(-c3ccc(C(=O)NC4CNC4)c(C)c3)c2)cnc1C(C)=N. The lowest BCUT2D eigenvalue weighted by molar-refractivity contribution is 0.0923. The second-order valence-corrected chi connectivity index (χ2v) is 7.93. The number of rotatable bonds is 7. The fourth-order valence-corrected chi connectivity index (χ4v) is 3.62. The Morgan fingerprint density at radius 1 is 1.12 bits per heavy atom. The summed E-state index contributed by atoms with van der Waals surface area (Å²) in [4.78, 5) is 16.8. The molecule has 1 saturated heterocycles. The van der Waals surface area contributed by atoms with E-state index in [0.29, 0.717) is 28.5 Å². The van der Waals surface area contributed by atoms with E-state index in [4.69, 9.17) is 10.1 Å². The molecule has 0 radical (unpaired) electrons. The van der Waals surface area contributed by atoms with Crippen LogP contribution in [0.25, 0.3) is 11.1 Å². The molecule has 4 N–H and O–H groups in total. The number of anilines is 1. The van der Waals surface area contributed by atoms with Crippen LogP contribution >= 0.6 is 0 Å². The lowest BCUT2D eigenvalue weighted by atomic mass is 9.99. The normalized spacial score (nSPS) is 13.2. The van der Waals surface area contributed by atoms with Gasteiger partial charge in [-0.25, -0.2) is 4.98 Å². The first-order chi connectivity index (χ1) is 15.4. The van der Waals surface area contributed by atoms with Crippen molar-refractivity contribution in [1.82, 2.24) is 15.6 Å². The number of carbonyl (C=O) groups is 1. The van der Waals surface area contributed by atoms with Gasteiger partial charge < -0.3 is 26.1 Å². The van der Waals surface area contributed by atoms with Gasteiger partial charge in [-0.2, -0.15) is 0 Å². The smallest absolute Gasteiger partial charge is 0.251 e. The maximum atomic E-state index is 12.5. The van der Waals surface area contributed by atoms with Gasteiger partial charge in [0.2, 0.25) is 0 Å². The number of hydrogen-bond donors (Lipinski definition) is 4. The lowest BCUT2D eigenvalue weighted by Crippen LogP contribution is -2.57. The molecule has 0 aliphatic carbocycles. The van der Waals surface area contributed by atoms with Gasteiger partial charge in [0.1, 0.15) is 17.2 Å². The Labute approximate surface area is 187 Å². The molecule has 1 fully saturated rings. The average Bonchev–Trinajstić information content (AvgIpc) is 2.76. The summed E-state index contributed by atoms with van der Waals surface area (Å²) in [6, 6.07) is 15.7. The number of ether oxygens (including phenoxy) is 1. The Bertz CT molecular complexity index is 1170. The van der Waals surface area contributed by atoms with Gasteiger partial charge in [0.25, 0.3) is 5.91 Å². The molecule has 0 bridgehead atoms. The Balaban J connectivity index is 1.53. The number of carbonyl (C=O) groups excluding carboxylic acids is 1. The largest absolute Gasteiger partial charge is 0.456 e. The van der Waals surface area contributed by atoms with Gasteiger partial charge in [-0.05, 0) is 48.7 Å². The molecule has 0 spiro atoms. The van der Waals surface area contributed by atoms with E-state index < -0.39 is 0 Å². The second kappa shape index (κ2) is 9.20. The van der Waals surface area contributed by atoms with Crippen molar-refractivity contribution in [2.24, 2.45) is 0 Å². The first-order valence-electron chi connectivity index (χ1n) is 10.6. The van der Waals surface area contributed by atoms with E-state index in [2.05, 4.69) is 20.9 Å². The summed E-state index contributed by atoms with van der Waals surface area (Å²) in [7, 11) is 1.79. The van der Waals surface area contributed by atoms with Crippen LogP contribution in [0.15, 0.2) is 54.7 Å². The van der Waals surface area contributed by atoms with E-state index in [1.165, 1.54) is 0 Å². The molecule has 32 heavy (non-hydrogen) atoms. The molecule has 4 rings (SSSR count). The molecular weight excluding hydrogens is 402 g/mol. The average molecular weight is 430 g/mol. The number of hydrogen-bond acceptors (Lipinski definition) is 6. The molecule has 2 heterocycles. The van der Waals surface area contributed by atoms with Crippen LogP contribution < -0.4 is 20.7 Å². The topological polar surface area (TPSA) is 99.1 Å². The van der Waals surface area contributed by atoms with Gasteiger partial charge in [0.15, 0.2) is 0 Å². The molecule has 0 saturated carbocycles. The third-order valence-electron chi connectivity index (χ3n) is 5.48. The van der Waals surface area contributed by atoms with Crippen molar-refractivity contribution in [2.75, 3.05) is 25.5 Å². The summed E-state index contributed by atoms with van der Waals surface area (Å²) in [6.07, 6.45) is 1.62. The minimum absolute atomic E-state index is 0.0333. The molecule has 3 aromatic rings. The highest BCUT2D eigenvalue weighted by Crippen LogP contribution is 2.30. The van der Waals surface area contributed by atoms with Crippen LogP contribution in [0.5, 0.6) is 11.5 Å². The van der Waals surface area contributed by atoms with E-state index in [0.717, 1.165) is 35.5 Å².